The summed E-state index contributed by atoms with van der Waals surface area (Å²) in [5, 5.41) is 10.5. The molecule has 0 radical (unpaired) electrons. The Labute approximate surface area is 81.3 Å². The van der Waals surface area contributed by atoms with Gasteiger partial charge in [-0.25, -0.2) is 14.8 Å². The molecule has 0 saturated carbocycles. The van der Waals surface area contributed by atoms with Crippen molar-refractivity contribution in [3.05, 3.63) is 17.8 Å². The third-order valence-corrected chi connectivity index (χ3v) is 1.47. The Morgan fingerprint density at radius 3 is 2.79 bits per heavy atom. The first-order chi connectivity index (χ1) is 6.50. The zero-order valence-electron chi connectivity index (χ0n) is 7.98. The van der Waals surface area contributed by atoms with E-state index in [9.17, 15) is 4.79 Å². The average Bonchev–Trinajstić information content (AvgIpc) is 2.07. The molecule has 0 spiro atoms. The number of rotatable bonds is 3. The van der Waals surface area contributed by atoms with Gasteiger partial charge in [0.05, 0.1) is 11.9 Å². The molecule has 4 N–H and O–H groups in total. The predicted molar refractivity (Wildman–Crippen MR) is 52.9 cm³/mol. The van der Waals surface area contributed by atoms with Crippen LogP contribution in [0.5, 0.6) is 0 Å². The number of aromatic carboxylic acids is 1. The Hall–Kier alpha value is -1.82. The number of nitrogen functional groups attached to an aromatic ring is 1. The Bertz CT molecular complexity index is 351. The zero-order valence-corrected chi connectivity index (χ0v) is 7.98. The molecule has 0 bridgehead atoms. The minimum Gasteiger partial charge on any atom is -0.478 e. The largest absolute Gasteiger partial charge is 0.478 e. The standard InChI is InChI=1S/C8H12N4O2/c1-12(2)11-7-6(8(13)14)3-5(9)4-10-7/h3-4H,9H2,1-2H3,(H,10,11)(H,13,14). The van der Waals surface area contributed by atoms with E-state index in [-0.39, 0.29) is 11.4 Å². The summed E-state index contributed by atoms with van der Waals surface area (Å²) in [5.41, 5.74) is 8.58. The fourth-order valence-electron chi connectivity index (χ4n) is 0.945. The van der Waals surface area contributed by atoms with Crippen LogP contribution in [0.4, 0.5) is 11.5 Å². The molecule has 0 aliphatic rings. The average molecular weight is 196 g/mol. The number of nitrogens with one attached hydrogen (secondary N) is 1. The molecule has 0 unspecified atom stereocenters. The van der Waals surface area contributed by atoms with Crippen LogP contribution in [-0.4, -0.2) is 35.2 Å². The van der Waals surface area contributed by atoms with Gasteiger partial charge in [-0.1, -0.05) is 0 Å². The van der Waals surface area contributed by atoms with Crippen LogP contribution >= 0.6 is 0 Å². The fourth-order valence-corrected chi connectivity index (χ4v) is 0.945. The molecular weight excluding hydrogens is 184 g/mol. The summed E-state index contributed by atoms with van der Waals surface area (Å²) >= 11 is 0. The summed E-state index contributed by atoms with van der Waals surface area (Å²) in [6, 6.07) is 1.36. The van der Waals surface area contributed by atoms with Crippen molar-refractivity contribution < 1.29 is 9.90 Å². The van der Waals surface area contributed by atoms with Crippen molar-refractivity contribution in [1.29, 1.82) is 0 Å². The van der Waals surface area contributed by atoms with Gasteiger partial charge in [-0.15, -0.1) is 0 Å². The number of hydrazine groups is 1. The van der Waals surface area contributed by atoms with Crippen LogP contribution in [0, 0.1) is 0 Å². The number of hydrogen-bond acceptors (Lipinski definition) is 5. The smallest absolute Gasteiger partial charge is 0.339 e. The van der Waals surface area contributed by atoms with E-state index in [1.54, 1.807) is 19.1 Å². The molecule has 14 heavy (non-hydrogen) atoms. The highest BCUT2D eigenvalue weighted by atomic mass is 16.4. The second-order valence-corrected chi connectivity index (χ2v) is 2.98. The van der Waals surface area contributed by atoms with Crippen LogP contribution in [0.25, 0.3) is 0 Å². The van der Waals surface area contributed by atoms with E-state index >= 15 is 0 Å². The summed E-state index contributed by atoms with van der Waals surface area (Å²) in [6.07, 6.45) is 1.40. The minimum atomic E-state index is -1.06. The first-order valence-corrected chi connectivity index (χ1v) is 3.93. The van der Waals surface area contributed by atoms with E-state index in [1.165, 1.54) is 12.3 Å². The molecule has 1 aromatic rings. The van der Waals surface area contributed by atoms with Gasteiger partial charge in [-0.3, -0.25) is 0 Å². The molecule has 0 amide bonds. The van der Waals surface area contributed by atoms with Crippen molar-refractivity contribution in [3.63, 3.8) is 0 Å². The van der Waals surface area contributed by atoms with E-state index in [2.05, 4.69) is 10.4 Å². The number of pyridine rings is 1. The normalized spacial score (nSPS) is 10.2. The number of aromatic nitrogens is 1. The van der Waals surface area contributed by atoms with Gasteiger partial charge in [0.25, 0.3) is 0 Å². The van der Waals surface area contributed by atoms with Crippen molar-refractivity contribution in [3.8, 4) is 0 Å². The maximum absolute atomic E-state index is 10.8. The number of nitrogens with zero attached hydrogens (tertiary/aromatic N) is 2. The Kier molecular flexibility index (Phi) is 2.88. The summed E-state index contributed by atoms with van der Waals surface area (Å²) < 4.78 is 0. The third kappa shape index (κ3) is 2.33. The molecule has 0 aliphatic heterocycles. The molecule has 1 heterocycles. The second-order valence-electron chi connectivity index (χ2n) is 2.98. The number of carboxylic acids is 1. The lowest BCUT2D eigenvalue weighted by Gasteiger charge is -2.14. The second kappa shape index (κ2) is 3.93. The van der Waals surface area contributed by atoms with Crippen LogP contribution in [0.3, 0.4) is 0 Å². The molecule has 0 aliphatic carbocycles. The third-order valence-electron chi connectivity index (χ3n) is 1.47. The molecule has 6 nitrogen and oxygen atoms in total. The van der Waals surface area contributed by atoms with Gasteiger partial charge in [-0.2, -0.15) is 0 Å². The zero-order chi connectivity index (χ0) is 10.7. The molecule has 0 aromatic carbocycles. The topological polar surface area (TPSA) is 91.5 Å². The van der Waals surface area contributed by atoms with Crippen LogP contribution in [0.2, 0.25) is 0 Å². The number of carbonyl (C=O) groups is 1. The van der Waals surface area contributed by atoms with E-state index in [1.807, 2.05) is 0 Å². The molecule has 6 heteroatoms. The van der Waals surface area contributed by atoms with Gasteiger partial charge in [0.1, 0.15) is 5.56 Å². The van der Waals surface area contributed by atoms with Crippen molar-refractivity contribution in [2.75, 3.05) is 25.3 Å². The minimum absolute atomic E-state index is 0.0544. The first-order valence-electron chi connectivity index (χ1n) is 3.93. The Morgan fingerprint density at radius 2 is 2.29 bits per heavy atom. The van der Waals surface area contributed by atoms with Gasteiger partial charge >= 0.3 is 5.97 Å². The monoisotopic (exact) mass is 196 g/mol. The lowest BCUT2D eigenvalue weighted by molar-refractivity contribution is 0.0697. The van der Waals surface area contributed by atoms with Crippen molar-refractivity contribution >= 4 is 17.5 Å². The van der Waals surface area contributed by atoms with Crippen LogP contribution in [0.15, 0.2) is 12.3 Å². The lowest BCUT2D eigenvalue weighted by Crippen LogP contribution is -2.22. The Balaban J connectivity index is 3.08. The molecule has 0 saturated heterocycles. The number of nitrogens with two attached hydrogens (primary N) is 1. The highest BCUT2D eigenvalue weighted by molar-refractivity contribution is 5.93. The van der Waals surface area contributed by atoms with Crippen molar-refractivity contribution in [1.82, 2.24) is 9.99 Å². The van der Waals surface area contributed by atoms with Gasteiger partial charge in [0.15, 0.2) is 5.82 Å². The maximum atomic E-state index is 10.8. The van der Waals surface area contributed by atoms with E-state index < -0.39 is 5.97 Å². The van der Waals surface area contributed by atoms with Gasteiger partial charge < -0.3 is 16.3 Å². The maximum Gasteiger partial charge on any atom is 0.339 e. The highest BCUT2D eigenvalue weighted by Gasteiger charge is 2.11. The quantitative estimate of drug-likeness (QED) is 0.600. The predicted octanol–water partition coefficient (Wildman–Crippen LogP) is 0.250. The Morgan fingerprint density at radius 1 is 1.64 bits per heavy atom. The molecule has 1 rings (SSSR count). The van der Waals surface area contributed by atoms with Gasteiger partial charge in [-0.05, 0) is 6.07 Å². The first kappa shape index (κ1) is 10.3. The van der Waals surface area contributed by atoms with E-state index in [0.717, 1.165) is 0 Å². The van der Waals surface area contributed by atoms with Crippen LogP contribution in [-0.2, 0) is 0 Å². The summed E-state index contributed by atoms with van der Waals surface area (Å²) in [5.74, 6) is -0.786. The summed E-state index contributed by atoms with van der Waals surface area (Å²) in [4.78, 5) is 14.7. The van der Waals surface area contributed by atoms with Crippen LogP contribution in [0.1, 0.15) is 10.4 Å². The lowest BCUT2D eigenvalue weighted by atomic mass is 10.2. The van der Waals surface area contributed by atoms with E-state index in [4.69, 9.17) is 10.8 Å². The molecule has 76 valence electrons. The number of carboxylic acid groups (broad SMARTS) is 1. The summed E-state index contributed by atoms with van der Waals surface area (Å²) in [7, 11) is 3.48. The van der Waals surface area contributed by atoms with Gasteiger partial charge in [0.2, 0.25) is 0 Å². The SMILES string of the molecule is CN(C)Nc1ncc(N)cc1C(=O)O. The van der Waals surface area contributed by atoms with Crippen LogP contribution < -0.4 is 11.2 Å². The van der Waals surface area contributed by atoms with E-state index in [0.29, 0.717) is 5.69 Å². The number of hydrogen-bond donors (Lipinski definition) is 3. The van der Waals surface area contributed by atoms with Crippen molar-refractivity contribution in [2.24, 2.45) is 0 Å². The molecule has 0 fully saturated rings. The molecule has 0 atom stereocenters. The highest BCUT2D eigenvalue weighted by Crippen LogP contribution is 2.15. The molecule has 1 aromatic heterocycles. The number of anilines is 2. The summed E-state index contributed by atoms with van der Waals surface area (Å²) in [6.45, 7) is 0. The van der Waals surface area contributed by atoms with Gasteiger partial charge in [0, 0.05) is 14.1 Å². The fraction of sp³-hybridized carbons (Fsp3) is 0.250. The van der Waals surface area contributed by atoms with Crippen molar-refractivity contribution in [2.45, 2.75) is 0 Å². The molecular formula is C8H12N4O2.